The summed E-state index contributed by atoms with van der Waals surface area (Å²) in [6, 6.07) is 0. The number of rotatable bonds is 5. The van der Waals surface area contributed by atoms with Gasteiger partial charge in [-0.1, -0.05) is 13.3 Å². The Labute approximate surface area is 90.7 Å². The zero-order chi connectivity index (χ0) is 10.4. The molecule has 0 aromatic carbocycles. The third-order valence-electron chi connectivity index (χ3n) is 2.49. The predicted molar refractivity (Wildman–Crippen MR) is 59.6 cm³/mol. The molecule has 0 aromatic rings. The van der Waals surface area contributed by atoms with Crippen LogP contribution in [0.4, 0.5) is 0 Å². The molecule has 0 N–H and O–H groups in total. The molecule has 0 bridgehead atoms. The molecule has 0 aromatic heterocycles. The van der Waals surface area contributed by atoms with E-state index in [1.807, 2.05) is 0 Å². The molecule has 0 amide bonds. The predicted octanol–water partition coefficient (Wildman–Crippen LogP) is 2.50. The summed E-state index contributed by atoms with van der Waals surface area (Å²) >= 11 is 1.36. The molecule has 0 saturated carbocycles. The highest BCUT2D eigenvalue weighted by Gasteiger charge is 2.33. The van der Waals surface area contributed by atoms with E-state index >= 15 is 0 Å². The molecule has 0 saturated heterocycles. The van der Waals surface area contributed by atoms with Crippen LogP contribution in [0.5, 0.6) is 0 Å². The molecule has 78 valence electrons. The van der Waals surface area contributed by atoms with Gasteiger partial charge in [-0.25, -0.2) is 3.89 Å². The minimum absolute atomic E-state index is 0.748. The molecule has 3 nitrogen and oxygen atoms in total. The van der Waals surface area contributed by atoms with Gasteiger partial charge in [0.2, 0.25) is 11.9 Å². The van der Waals surface area contributed by atoms with Gasteiger partial charge in [0.15, 0.2) is 12.1 Å². The fraction of sp³-hybridized carbons (Fsp3) is 0.700. The number of quaternary nitrogens is 1. The number of nitrogens with zero attached hydrogens (tertiary/aromatic N) is 3. The van der Waals surface area contributed by atoms with E-state index in [-0.39, 0.29) is 0 Å². The van der Waals surface area contributed by atoms with Gasteiger partial charge in [0.05, 0.1) is 12.7 Å². The highest BCUT2D eigenvalue weighted by molar-refractivity contribution is 7.98. The fourth-order valence-corrected chi connectivity index (χ4v) is 2.28. The molecule has 1 rings (SSSR count). The Morgan fingerprint density at radius 1 is 1.57 bits per heavy atom. The second kappa shape index (κ2) is 5.28. The van der Waals surface area contributed by atoms with Crippen molar-refractivity contribution in [2.24, 2.45) is 0 Å². The smallest absolute Gasteiger partial charge is 0.202 e. The summed E-state index contributed by atoms with van der Waals surface area (Å²) in [5, 5.41) is 11.0. The van der Waals surface area contributed by atoms with Gasteiger partial charge in [-0.3, -0.25) is 0 Å². The molecule has 1 aliphatic heterocycles. The molecule has 0 spiro atoms. The zero-order valence-electron chi connectivity index (χ0n) is 8.94. The van der Waals surface area contributed by atoms with Crippen molar-refractivity contribution in [2.45, 2.75) is 26.7 Å². The van der Waals surface area contributed by atoms with Crippen LogP contribution >= 0.6 is 11.9 Å². The Hall–Kier alpha value is -0.660. The molecule has 0 radical (unpaired) electrons. The van der Waals surface area contributed by atoms with Crippen molar-refractivity contribution in [2.75, 3.05) is 19.8 Å². The SMILES string of the molecule is CCCC[N+]1(SC#N)C=CN(CC)C1. The number of nitriles is 1. The minimum atomic E-state index is 0.748. The molecular weight excluding hydrogens is 194 g/mol. The lowest BCUT2D eigenvalue weighted by molar-refractivity contribution is -0.742. The standard InChI is InChI=1S/C10H18N3S/c1-3-5-7-13(14-9-11)8-6-12(4-2)10-13/h6,8H,3-5,7,10H2,1-2H3/q+1. The van der Waals surface area contributed by atoms with E-state index in [0.29, 0.717) is 0 Å². The van der Waals surface area contributed by atoms with Gasteiger partial charge < -0.3 is 4.90 Å². The van der Waals surface area contributed by atoms with Crippen LogP contribution in [-0.2, 0) is 0 Å². The monoisotopic (exact) mass is 212 g/mol. The number of hydrogen-bond acceptors (Lipinski definition) is 3. The molecule has 0 fully saturated rings. The second-order valence-electron chi connectivity index (χ2n) is 3.56. The summed E-state index contributed by atoms with van der Waals surface area (Å²) in [7, 11) is 0. The third-order valence-corrected chi connectivity index (χ3v) is 3.35. The molecule has 1 atom stereocenters. The first-order valence-electron chi connectivity index (χ1n) is 5.14. The lowest BCUT2D eigenvalue weighted by atomic mass is 10.3. The molecule has 0 aliphatic carbocycles. The maximum absolute atomic E-state index is 8.80. The van der Waals surface area contributed by atoms with E-state index in [0.717, 1.165) is 23.6 Å². The quantitative estimate of drug-likeness (QED) is 0.398. The fourth-order valence-electron chi connectivity index (χ4n) is 1.58. The average molecular weight is 212 g/mol. The van der Waals surface area contributed by atoms with Crippen LogP contribution in [0.1, 0.15) is 26.7 Å². The van der Waals surface area contributed by atoms with Crippen molar-refractivity contribution in [3.05, 3.63) is 12.4 Å². The molecule has 1 heterocycles. The number of hydrogen-bond donors (Lipinski definition) is 0. The number of thiocyanates is 1. The lowest BCUT2D eigenvalue weighted by Gasteiger charge is -2.27. The van der Waals surface area contributed by atoms with Gasteiger partial charge in [0, 0.05) is 6.54 Å². The first kappa shape index (κ1) is 11.4. The molecule has 14 heavy (non-hydrogen) atoms. The van der Waals surface area contributed by atoms with E-state index in [2.05, 4.69) is 36.5 Å². The van der Waals surface area contributed by atoms with Crippen LogP contribution in [0.3, 0.4) is 0 Å². The first-order valence-corrected chi connectivity index (χ1v) is 5.91. The van der Waals surface area contributed by atoms with Gasteiger partial charge in [-0.2, -0.15) is 5.26 Å². The molecule has 1 unspecified atom stereocenters. The molecular formula is C10H18N3S+. The normalized spacial score (nSPS) is 25.4. The summed E-state index contributed by atoms with van der Waals surface area (Å²) in [5.74, 6) is 0. The van der Waals surface area contributed by atoms with Crippen molar-refractivity contribution >= 4 is 11.9 Å². The van der Waals surface area contributed by atoms with Crippen LogP contribution in [0.15, 0.2) is 12.4 Å². The summed E-state index contributed by atoms with van der Waals surface area (Å²) in [5.41, 5.74) is 0. The highest BCUT2D eigenvalue weighted by Crippen LogP contribution is 2.29. The zero-order valence-corrected chi connectivity index (χ0v) is 9.76. The van der Waals surface area contributed by atoms with Gasteiger partial charge in [0.25, 0.3) is 0 Å². The van der Waals surface area contributed by atoms with Crippen molar-refractivity contribution < 1.29 is 3.89 Å². The highest BCUT2D eigenvalue weighted by atomic mass is 32.2. The lowest BCUT2D eigenvalue weighted by Crippen LogP contribution is -2.38. The Kier molecular flexibility index (Phi) is 4.30. The third kappa shape index (κ3) is 2.66. The Morgan fingerprint density at radius 3 is 2.86 bits per heavy atom. The summed E-state index contributed by atoms with van der Waals surface area (Å²) in [6.07, 6.45) is 6.62. The summed E-state index contributed by atoms with van der Waals surface area (Å²) in [6.45, 7) is 7.34. The maximum Gasteiger partial charge on any atom is 0.202 e. The van der Waals surface area contributed by atoms with E-state index in [1.54, 1.807) is 0 Å². The van der Waals surface area contributed by atoms with Crippen LogP contribution < -0.4 is 0 Å². The Balaban J connectivity index is 2.57. The van der Waals surface area contributed by atoms with Crippen molar-refractivity contribution in [3.8, 4) is 5.40 Å². The van der Waals surface area contributed by atoms with Gasteiger partial charge in [0.1, 0.15) is 6.20 Å². The maximum atomic E-state index is 8.80. The van der Waals surface area contributed by atoms with Crippen molar-refractivity contribution in [3.63, 3.8) is 0 Å². The topological polar surface area (TPSA) is 27.0 Å². The van der Waals surface area contributed by atoms with Crippen LogP contribution in [0, 0.1) is 10.7 Å². The first-order chi connectivity index (χ1) is 6.76. The molecule has 1 aliphatic rings. The van der Waals surface area contributed by atoms with E-state index in [9.17, 15) is 0 Å². The van der Waals surface area contributed by atoms with E-state index < -0.39 is 0 Å². The van der Waals surface area contributed by atoms with Crippen LogP contribution in [0.25, 0.3) is 0 Å². The van der Waals surface area contributed by atoms with Crippen LogP contribution in [0.2, 0.25) is 0 Å². The summed E-state index contributed by atoms with van der Waals surface area (Å²) in [4.78, 5) is 2.25. The van der Waals surface area contributed by atoms with Gasteiger partial charge in [-0.05, 0) is 13.3 Å². The minimum Gasteiger partial charge on any atom is -0.326 e. The number of unbranched alkanes of at least 4 members (excludes halogenated alkanes) is 1. The second-order valence-corrected chi connectivity index (χ2v) is 4.65. The Morgan fingerprint density at radius 2 is 2.36 bits per heavy atom. The summed E-state index contributed by atoms with van der Waals surface area (Å²) < 4.78 is 0.748. The van der Waals surface area contributed by atoms with Crippen LogP contribution in [-0.4, -0.2) is 28.5 Å². The van der Waals surface area contributed by atoms with E-state index in [1.165, 1.54) is 24.8 Å². The largest absolute Gasteiger partial charge is 0.326 e. The molecule has 4 heteroatoms. The average Bonchev–Trinajstić information content (AvgIpc) is 2.60. The van der Waals surface area contributed by atoms with Gasteiger partial charge in [-0.15, -0.1) is 0 Å². The van der Waals surface area contributed by atoms with Crippen molar-refractivity contribution in [1.82, 2.24) is 4.90 Å². The Bertz CT molecular complexity index is 246. The van der Waals surface area contributed by atoms with Crippen molar-refractivity contribution in [1.29, 1.82) is 5.26 Å². The van der Waals surface area contributed by atoms with E-state index in [4.69, 9.17) is 5.26 Å². The van der Waals surface area contributed by atoms with Gasteiger partial charge >= 0.3 is 0 Å².